The number of thiophene rings is 1. The van der Waals surface area contributed by atoms with Crippen LogP contribution in [0.15, 0.2) is 53.2 Å². The van der Waals surface area contributed by atoms with Crippen molar-refractivity contribution in [2.24, 2.45) is 0 Å². The Morgan fingerprint density at radius 2 is 1.94 bits per heavy atom. The van der Waals surface area contributed by atoms with Crippen LogP contribution in [0.3, 0.4) is 0 Å². The van der Waals surface area contributed by atoms with Gasteiger partial charge in [-0.05, 0) is 23.6 Å². The Bertz CT molecular complexity index is 611. The number of anilines is 1. The molecule has 0 unspecified atom stereocenters. The Morgan fingerprint density at radius 1 is 1.12 bits per heavy atom. The third-order valence-corrected chi connectivity index (χ3v) is 3.24. The lowest BCUT2D eigenvalue weighted by Crippen LogP contribution is -2.00. The van der Waals surface area contributed by atoms with Crippen molar-refractivity contribution in [3.05, 3.63) is 53.2 Å². The monoisotopic (exact) mass is 241 g/mol. The molecular formula is C13H11N3S. The highest BCUT2D eigenvalue weighted by atomic mass is 32.1. The Hall–Kier alpha value is -2.07. The van der Waals surface area contributed by atoms with Gasteiger partial charge in [-0.2, -0.15) is 16.4 Å². The number of aromatic nitrogens is 2. The number of nitrogen functional groups attached to an aromatic ring is 1. The van der Waals surface area contributed by atoms with Crippen molar-refractivity contribution in [1.29, 1.82) is 0 Å². The zero-order chi connectivity index (χ0) is 11.7. The van der Waals surface area contributed by atoms with Gasteiger partial charge in [-0.15, -0.1) is 0 Å². The minimum Gasteiger partial charge on any atom is -0.384 e. The van der Waals surface area contributed by atoms with Crippen molar-refractivity contribution >= 4 is 17.2 Å². The van der Waals surface area contributed by atoms with E-state index in [1.54, 1.807) is 16.0 Å². The predicted octanol–water partition coefficient (Wildman–Crippen LogP) is 3.18. The number of hydrogen-bond donors (Lipinski definition) is 1. The van der Waals surface area contributed by atoms with Gasteiger partial charge in [0, 0.05) is 17.0 Å². The minimum absolute atomic E-state index is 0.650. The third-order valence-electron chi connectivity index (χ3n) is 2.55. The van der Waals surface area contributed by atoms with Gasteiger partial charge in [-0.1, -0.05) is 18.2 Å². The van der Waals surface area contributed by atoms with Gasteiger partial charge in [-0.25, -0.2) is 4.68 Å². The fourth-order valence-electron chi connectivity index (χ4n) is 1.72. The summed E-state index contributed by atoms with van der Waals surface area (Å²) in [5, 5.41) is 8.62. The molecule has 84 valence electrons. The van der Waals surface area contributed by atoms with E-state index in [0.29, 0.717) is 5.82 Å². The zero-order valence-corrected chi connectivity index (χ0v) is 9.89. The molecule has 4 heteroatoms. The maximum Gasteiger partial charge on any atom is 0.127 e. The topological polar surface area (TPSA) is 43.8 Å². The molecule has 0 aliphatic heterocycles. The molecule has 3 nitrogen and oxygen atoms in total. The van der Waals surface area contributed by atoms with Crippen molar-refractivity contribution in [2.45, 2.75) is 0 Å². The molecule has 2 heterocycles. The number of para-hydroxylation sites is 1. The Labute approximate surface area is 103 Å². The molecule has 0 saturated heterocycles. The van der Waals surface area contributed by atoms with Crippen LogP contribution in [-0.4, -0.2) is 9.78 Å². The van der Waals surface area contributed by atoms with Crippen molar-refractivity contribution in [3.8, 4) is 16.9 Å². The van der Waals surface area contributed by atoms with Gasteiger partial charge >= 0.3 is 0 Å². The minimum atomic E-state index is 0.650. The lowest BCUT2D eigenvalue weighted by molar-refractivity contribution is 0.895. The van der Waals surface area contributed by atoms with Crippen molar-refractivity contribution in [3.63, 3.8) is 0 Å². The highest BCUT2D eigenvalue weighted by molar-refractivity contribution is 7.08. The lowest BCUT2D eigenvalue weighted by Gasteiger charge is -2.02. The molecule has 0 aliphatic rings. The van der Waals surface area contributed by atoms with E-state index >= 15 is 0 Å². The molecule has 17 heavy (non-hydrogen) atoms. The van der Waals surface area contributed by atoms with Gasteiger partial charge in [0.15, 0.2) is 0 Å². The molecule has 0 atom stereocenters. The first-order chi connectivity index (χ1) is 8.34. The first-order valence-electron chi connectivity index (χ1n) is 5.28. The van der Waals surface area contributed by atoms with Crippen LogP contribution in [-0.2, 0) is 0 Å². The Balaban J connectivity index is 2.08. The summed E-state index contributed by atoms with van der Waals surface area (Å²) in [7, 11) is 0. The van der Waals surface area contributed by atoms with Crippen LogP contribution in [0.2, 0.25) is 0 Å². The molecule has 3 aromatic rings. The van der Waals surface area contributed by atoms with E-state index in [1.807, 2.05) is 47.8 Å². The summed E-state index contributed by atoms with van der Waals surface area (Å²) in [6.07, 6.45) is 0. The summed E-state index contributed by atoms with van der Waals surface area (Å²) >= 11 is 1.66. The van der Waals surface area contributed by atoms with Crippen molar-refractivity contribution in [2.75, 3.05) is 5.73 Å². The fourth-order valence-corrected chi connectivity index (χ4v) is 2.37. The molecule has 0 radical (unpaired) electrons. The second-order valence-electron chi connectivity index (χ2n) is 3.71. The maximum atomic E-state index is 5.98. The molecule has 2 aromatic heterocycles. The van der Waals surface area contributed by atoms with E-state index in [2.05, 4.69) is 10.5 Å². The van der Waals surface area contributed by atoms with Gasteiger partial charge in [0.05, 0.1) is 11.4 Å². The summed E-state index contributed by atoms with van der Waals surface area (Å²) in [5.74, 6) is 0.650. The quantitative estimate of drug-likeness (QED) is 0.748. The summed E-state index contributed by atoms with van der Waals surface area (Å²) in [4.78, 5) is 0. The zero-order valence-electron chi connectivity index (χ0n) is 9.08. The van der Waals surface area contributed by atoms with Crippen LogP contribution in [0.5, 0.6) is 0 Å². The SMILES string of the molecule is Nc1cc(-c2ccsc2)nn1-c1ccccc1. The van der Waals surface area contributed by atoms with Crippen LogP contribution in [0.25, 0.3) is 16.9 Å². The van der Waals surface area contributed by atoms with E-state index in [9.17, 15) is 0 Å². The average Bonchev–Trinajstić information content (AvgIpc) is 2.99. The van der Waals surface area contributed by atoms with Crippen LogP contribution in [0.4, 0.5) is 5.82 Å². The van der Waals surface area contributed by atoms with Gasteiger partial charge in [0.25, 0.3) is 0 Å². The highest BCUT2D eigenvalue weighted by Gasteiger charge is 2.08. The molecule has 2 N–H and O–H groups in total. The lowest BCUT2D eigenvalue weighted by atomic mass is 10.2. The Kier molecular flexibility index (Phi) is 2.42. The summed E-state index contributed by atoms with van der Waals surface area (Å²) in [5.41, 5.74) is 8.98. The highest BCUT2D eigenvalue weighted by Crippen LogP contribution is 2.24. The fraction of sp³-hybridized carbons (Fsp3) is 0. The van der Waals surface area contributed by atoms with Gasteiger partial charge in [-0.3, -0.25) is 0 Å². The van der Waals surface area contributed by atoms with Crippen LogP contribution < -0.4 is 5.73 Å². The number of hydrogen-bond acceptors (Lipinski definition) is 3. The van der Waals surface area contributed by atoms with E-state index in [0.717, 1.165) is 16.9 Å². The van der Waals surface area contributed by atoms with Crippen molar-refractivity contribution in [1.82, 2.24) is 9.78 Å². The number of benzene rings is 1. The molecule has 0 aliphatic carbocycles. The van der Waals surface area contributed by atoms with Crippen LogP contribution in [0, 0.1) is 0 Å². The van der Waals surface area contributed by atoms with E-state index in [4.69, 9.17) is 5.73 Å². The molecule has 0 bridgehead atoms. The molecule has 1 aromatic carbocycles. The second kappa shape index (κ2) is 4.07. The van der Waals surface area contributed by atoms with E-state index < -0.39 is 0 Å². The van der Waals surface area contributed by atoms with Gasteiger partial charge < -0.3 is 5.73 Å². The Morgan fingerprint density at radius 3 is 2.65 bits per heavy atom. The first kappa shape index (κ1) is 10.1. The molecule has 3 rings (SSSR count). The number of rotatable bonds is 2. The summed E-state index contributed by atoms with van der Waals surface area (Å²) in [6.45, 7) is 0. The van der Waals surface area contributed by atoms with Gasteiger partial charge in [0.1, 0.15) is 5.82 Å². The number of nitrogens with zero attached hydrogens (tertiary/aromatic N) is 2. The normalized spacial score (nSPS) is 10.6. The molecular weight excluding hydrogens is 230 g/mol. The summed E-state index contributed by atoms with van der Waals surface area (Å²) in [6, 6.07) is 13.8. The van der Waals surface area contributed by atoms with Crippen LogP contribution >= 0.6 is 11.3 Å². The van der Waals surface area contributed by atoms with Crippen LogP contribution in [0.1, 0.15) is 0 Å². The largest absolute Gasteiger partial charge is 0.384 e. The van der Waals surface area contributed by atoms with E-state index in [-0.39, 0.29) is 0 Å². The predicted molar refractivity (Wildman–Crippen MR) is 71.3 cm³/mol. The first-order valence-corrected chi connectivity index (χ1v) is 6.22. The average molecular weight is 241 g/mol. The molecule has 0 spiro atoms. The second-order valence-corrected chi connectivity index (χ2v) is 4.49. The smallest absolute Gasteiger partial charge is 0.127 e. The maximum absolute atomic E-state index is 5.98. The third kappa shape index (κ3) is 1.83. The van der Waals surface area contributed by atoms with Gasteiger partial charge in [0.2, 0.25) is 0 Å². The summed E-state index contributed by atoms with van der Waals surface area (Å²) < 4.78 is 1.76. The van der Waals surface area contributed by atoms with E-state index in [1.165, 1.54) is 0 Å². The molecule has 0 fully saturated rings. The molecule has 0 amide bonds. The standard InChI is InChI=1S/C13H11N3S/c14-13-8-12(10-6-7-17-9-10)15-16(13)11-4-2-1-3-5-11/h1-9H,14H2. The van der Waals surface area contributed by atoms with Crippen molar-refractivity contribution < 1.29 is 0 Å². The molecule has 0 saturated carbocycles. The number of nitrogens with two attached hydrogens (primary N) is 1.